The number of rotatable bonds is 8. The van der Waals surface area contributed by atoms with Crippen LogP contribution < -0.4 is 16.0 Å². The molecule has 0 aromatic rings. The molecule has 0 aromatic heterocycles. The van der Waals surface area contributed by atoms with E-state index < -0.39 is 46.9 Å². The quantitative estimate of drug-likeness (QED) is 0.320. The smallest absolute Gasteiger partial charge is 0.258 e. The standard InChI is InChI=1S/C28H34FN5O4/c1-4-27(2,3)22(33-26(38)28(29)8-9-28)25(37)34-14-19-15-5-6-16(11-15)20(19)21(34)24(36)32-18(13-30)12-17-7-10-31-23(17)35/h1,5-6,15-22H,7-12,14H2,2-3H3,(H,31,35)(H,32,36)(H,33,38)/t15-,16+,17+,18+,19-,20+,21+,22-/m1/s1. The van der Waals surface area contributed by atoms with Crippen LogP contribution in [0.2, 0.25) is 0 Å². The van der Waals surface area contributed by atoms with E-state index in [0.717, 1.165) is 6.42 Å². The van der Waals surface area contributed by atoms with E-state index in [4.69, 9.17) is 6.42 Å². The van der Waals surface area contributed by atoms with Crippen LogP contribution in [0.25, 0.3) is 0 Å². The molecule has 5 rings (SSSR count). The molecule has 9 nitrogen and oxygen atoms in total. The molecule has 2 bridgehead atoms. The minimum absolute atomic E-state index is 0.0621. The monoisotopic (exact) mass is 523 g/mol. The average Bonchev–Trinajstić information content (AvgIpc) is 3.31. The lowest BCUT2D eigenvalue weighted by molar-refractivity contribution is -0.145. The van der Waals surface area contributed by atoms with Gasteiger partial charge in [-0.3, -0.25) is 19.2 Å². The number of fused-ring (bicyclic) bond motifs is 5. The lowest BCUT2D eigenvalue weighted by Gasteiger charge is -2.36. The van der Waals surface area contributed by atoms with Crippen LogP contribution in [0, 0.1) is 58.7 Å². The van der Waals surface area contributed by atoms with Gasteiger partial charge in [-0.2, -0.15) is 5.26 Å². The Labute approximate surface area is 221 Å². The van der Waals surface area contributed by atoms with Crippen molar-refractivity contribution >= 4 is 23.6 Å². The number of carbonyl (C=O) groups excluding carboxylic acids is 4. The fourth-order valence-electron chi connectivity index (χ4n) is 6.73. The number of halogens is 1. The van der Waals surface area contributed by atoms with Gasteiger partial charge in [0.1, 0.15) is 18.1 Å². The number of nitriles is 1. The summed E-state index contributed by atoms with van der Waals surface area (Å²) in [6.45, 7) is 4.10. The highest BCUT2D eigenvalue weighted by Gasteiger charge is 2.60. The molecule has 2 saturated carbocycles. The van der Waals surface area contributed by atoms with E-state index in [0.29, 0.717) is 19.5 Å². The first-order valence-electron chi connectivity index (χ1n) is 13.4. The highest BCUT2D eigenvalue weighted by molar-refractivity contribution is 5.96. The van der Waals surface area contributed by atoms with E-state index in [1.54, 1.807) is 13.8 Å². The third-order valence-corrected chi connectivity index (χ3v) is 9.22. The second-order valence-electron chi connectivity index (χ2n) is 12.1. The molecule has 3 N–H and O–H groups in total. The number of terminal acetylenes is 1. The van der Waals surface area contributed by atoms with E-state index in [1.807, 2.05) is 0 Å². The summed E-state index contributed by atoms with van der Waals surface area (Å²) < 4.78 is 14.5. The van der Waals surface area contributed by atoms with Gasteiger partial charge in [-0.05, 0) is 69.6 Å². The van der Waals surface area contributed by atoms with Crippen LogP contribution in [-0.4, -0.2) is 65.4 Å². The molecule has 38 heavy (non-hydrogen) atoms. The Morgan fingerprint density at radius 2 is 2.00 bits per heavy atom. The van der Waals surface area contributed by atoms with E-state index in [1.165, 1.54) is 4.90 Å². The van der Waals surface area contributed by atoms with Crippen molar-refractivity contribution in [1.82, 2.24) is 20.9 Å². The zero-order valence-corrected chi connectivity index (χ0v) is 21.7. The van der Waals surface area contributed by atoms with Crippen LogP contribution in [0.4, 0.5) is 4.39 Å². The minimum Gasteiger partial charge on any atom is -0.356 e. The van der Waals surface area contributed by atoms with Gasteiger partial charge in [0.05, 0.1) is 11.5 Å². The van der Waals surface area contributed by atoms with Crippen LogP contribution in [0.5, 0.6) is 0 Å². The summed E-state index contributed by atoms with van der Waals surface area (Å²) in [5, 5.41) is 17.8. The van der Waals surface area contributed by atoms with Crippen molar-refractivity contribution < 1.29 is 23.6 Å². The van der Waals surface area contributed by atoms with Crippen molar-refractivity contribution in [3.63, 3.8) is 0 Å². The molecule has 202 valence electrons. The van der Waals surface area contributed by atoms with E-state index >= 15 is 0 Å². The summed E-state index contributed by atoms with van der Waals surface area (Å²) >= 11 is 0. The summed E-state index contributed by atoms with van der Waals surface area (Å²) in [4.78, 5) is 54.0. The van der Waals surface area contributed by atoms with Gasteiger partial charge in [-0.1, -0.05) is 18.1 Å². The predicted molar refractivity (Wildman–Crippen MR) is 134 cm³/mol. The lowest BCUT2D eigenvalue weighted by atomic mass is 9.81. The number of amides is 4. The summed E-state index contributed by atoms with van der Waals surface area (Å²) in [6, 6.07) is -0.883. The third kappa shape index (κ3) is 4.44. The van der Waals surface area contributed by atoms with E-state index in [9.17, 15) is 28.8 Å². The van der Waals surface area contributed by atoms with Crippen LogP contribution in [-0.2, 0) is 19.2 Å². The van der Waals surface area contributed by atoms with Gasteiger partial charge >= 0.3 is 0 Å². The highest BCUT2D eigenvalue weighted by atomic mass is 19.1. The number of allylic oxidation sites excluding steroid dienone is 2. The fourth-order valence-corrected chi connectivity index (χ4v) is 6.73. The number of alkyl halides is 1. The Morgan fingerprint density at radius 1 is 1.29 bits per heavy atom. The summed E-state index contributed by atoms with van der Waals surface area (Å²) in [7, 11) is 0. The van der Waals surface area contributed by atoms with Crippen molar-refractivity contribution in [2.24, 2.45) is 35.0 Å². The van der Waals surface area contributed by atoms with Crippen molar-refractivity contribution in [3.8, 4) is 18.4 Å². The Bertz CT molecular complexity index is 1160. The molecular weight excluding hydrogens is 489 g/mol. The number of carbonyl (C=O) groups is 4. The van der Waals surface area contributed by atoms with E-state index in [-0.39, 0.29) is 54.8 Å². The Balaban J connectivity index is 1.40. The van der Waals surface area contributed by atoms with Crippen LogP contribution in [0.15, 0.2) is 12.2 Å². The number of hydrogen-bond acceptors (Lipinski definition) is 5. The SMILES string of the molecule is C#CC(C)(C)[C@H](NC(=O)C1(F)CC1)C(=O)N1C[C@H]2[C@@H]([C@H]1C(=O)N[C@H](C#N)C[C@@H]1CCNC1=O)[C@H]1C=C[C@@H]2C1. The van der Waals surface area contributed by atoms with Crippen LogP contribution in [0.1, 0.15) is 46.0 Å². The number of nitrogens with zero attached hydrogens (tertiary/aromatic N) is 2. The lowest BCUT2D eigenvalue weighted by Crippen LogP contribution is -2.60. The van der Waals surface area contributed by atoms with E-state index in [2.05, 4.69) is 40.1 Å². The molecular formula is C28H34FN5O4. The second kappa shape index (κ2) is 9.41. The first-order chi connectivity index (χ1) is 18.0. The Morgan fingerprint density at radius 3 is 2.61 bits per heavy atom. The molecule has 2 aliphatic heterocycles. The fraction of sp³-hybridized carbons (Fsp3) is 0.679. The minimum atomic E-state index is -1.99. The number of hydrogen-bond donors (Lipinski definition) is 3. The van der Waals surface area contributed by atoms with Gasteiger partial charge in [0.15, 0.2) is 5.67 Å². The molecule has 10 heteroatoms. The largest absolute Gasteiger partial charge is 0.356 e. The zero-order chi connectivity index (χ0) is 27.4. The molecule has 8 atom stereocenters. The second-order valence-corrected chi connectivity index (χ2v) is 12.1. The maximum absolute atomic E-state index is 14.5. The molecule has 0 radical (unpaired) electrons. The molecule has 4 fully saturated rings. The van der Waals surface area contributed by atoms with Crippen LogP contribution >= 0.6 is 0 Å². The van der Waals surface area contributed by atoms with Gasteiger partial charge in [-0.15, -0.1) is 6.42 Å². The summed E-state index contributed by atoms with van der Waals surface area (Å²) in [5.41, 5.74) is -3.13. The maximum atomic E-state index is 14.5. The van der Waals surface area contributed by atoms with Gasteiger partial charge in [-0.25, -0.2) is 4.39 Å². The van der Waals surface area contributed by atoms with Crippen molar-refractivity contribution in [2.75, 3.05) is 13.1 Å². The molecule has 0 unspecified atom stereocenters. The van der Waals surface area contributed by atoms with Crippen molar-refractivity contribution in [1.29, 1.82) is 5.26 Å². The first-order valence-corrected chi connectivity index (χ1v) is 13.4. The van der Waals surface area contributed by atoms with Gasteiger partial charge in [0, 0.05) is 19.0 Å². The first kappa shape index (κ1) is 26.2. The predicted octanol–water partition coefficient (Wildman–Crippen LogP) is 0.816. The maximum Gasteiger partial charge on any atom is 0.258 e. The number of likely N-dealkylation sites (tertiary alicyclic amines) is 1. The van der Waals surface area contributed by atoms with Crippen LogP contribution in [0.3, 0.4) is 0 Å². The van der Waals surface area contributed by atoms with Crippen molar-refractivity contribution in [3.05, 3.63) is 12.2 Å². The zero-order valence-electron chi connectivity index (χ0n) is 21.7. The molecule has 0 aromatic carbocycles. The normalized spacial score (nSPS) is 33.5. The molecule has 2 saturated heterocycles. The number of nitrogens with one attached hydrogen (secondary N) is 3. The summed E-state index contributed by atoms with van der Waals surface area (Å²) in [6.07, 6.45) is 11.8. The van der Waals surface area contributed by atoms with Gasteiger partial charge in [0.25, 0.3) is 5.91 Å². The molecule has 2 heterocycles. The topological polar surface area (TPSA) is 131 Å². The molecule has 4 amide bonds. The highest BCUT2D eigenvalue weighted by Crippen LogP contribution is 2.54. The van der Waals surface area contributed by atoms with Crippen molar-refractivity contribution in [2.45, 2.75) is 69.7 Å². The van der Waals surface area contributed by atoms with Gasteiger partial charge < -0.3 is 20.9 Å². The Hall–Kier alpha value is -3.40. The molecule has 5 aliphatic rings. The average molecular weight is 524 g/mol. The Kier molecular flexibility index (Phi) is 6.49. The molecule has 3 aliphatic carbocycles. The third-order valence-electron chi connectivity index (χ3n) is 9.22. The summed E-state index contributed by atoms with van der Waals surface area (Å²) in [5.74, 6) is 0.511. The van der Waals surface area contributed by atoms with Gasteiger partial charge in [0.2, 0.25) is 17.7 Å². The molecule has 0 spiro atoms.